The first-order valence-electron chi connectivity index (χ1n) is 5.66. The first-order valence-corrected chi connectivity index (χ1v) is 5.66. The number of hydrogen-bond donors (Lipinski definition) is 2. The third kappa shape index (κ3) is 2.84. The second-order valence-electron chi connectivity index (χ2n) is 5.56. The SMILES string of the molecule is CC(C)(C)OC(=O)NCC1NCC2CC21. The molecule has 2 fully saturated rings. The van der Waals surface area contributed by atoms with Crippen LogP contribution in [-0.2, 0) is 4.74 Å². The van der Waals surface area contributed by atoms with E-state index in [2.05, 4.69) is 10.6 Å². The van der Waals surface area contributed by atoms with Crippen LogP contribution in [0.5, 0.6) is 0 Å². The zero-order valence-corrected chi connectivity index (χ0v) is 9.67. The molecule has 1 amide bonds. The van der Waals surface area contributed by atoms with Crippen LogP contribution in [0.25, 0.3) is 0 Å². The minimum atomic E-state index is -0.407. The third-order valence-electron chi connectivity index (χ3n) is 3.00. The monoisotopic (exact) mass is 212 g/mol. The molecule has 86 valence electrons. The number of ether oxygens (including phenoxy) is 1. The van der Waals surface area contributed by atoms with E-state index in [0.717, 1.165) is 18.4 Å². The second-order valence-corrected chi connectivity index (χ2v) is 5.56. The minimum Gasteiger partial charge on any atom is -0.444 e. The van der Waals surface area contributed by atoms with Crippen molar-refractivity contribution in [1.82, 2.24) is 10.6 Å². The Morgan fingerprint density at radius 3 is 2.73 bits per heavy atom. The summed E-state index contributed by atoms with van der Waals surface area (Å²) in [4.78, 5) is 11.4. The van der Waals surface area contributed by atoms with Crippen LogP contribution in [0, 0.1) is 11.8 Å². The number of rotatable bonds is 2. The lowest BCUT2D eigenvalue weighted by atomic mass is 10.2. The Kier molecular flexibility index (Phi) is 2.63. The molecular weight excluding hydrogens is 192 g/mol. The summed E-state index contributed by atoms with van der Waals surface area (Å²) in [5, 5.41) is 6.22. The molecule has 1 heterocycles. The highest BCUT2D eigenvalue weighted by Crippen LogP contribution is 2.44. The third-order valence-corrected chi connectivity index (χ3v) is 3.00. The van der Waals surface area contributed by atoms with Crippen molar-refractivity contribution in [2.45, 2.75) is 38.8 Å². The summed E-state index contributed by atoms with van der Waals surface area (Å²) in [6.45, 7) is 7.42. The lowest BCUT2D eigenvalue weighted by Gasteiger charge is -2.21. The summed E-state index contributed by atoms with van der Waals surface area (Å²) < 4.78 is 5.17. The maximum absolute atomic E-state index is 11.4. The van der Waals surface area contributed by atoms with Gasteiger partial charge in [-0.3, -0.25) is 0 Å². The summed E-state index contributed by atoms with van der Waals surface area (Å²) in [5.41, 5.74) is -0.407. The highest BCUT2D eigenvalue weighted by molar-refractivity contribution is 5.67. The van der Waals surface area contributed by atoms with Crippen LogP contribution in [0.15, 0.2) is 0 Å². The smallest absolute Gasteiger partial charge is 0.407 e. The van der Waals surface area contributed by atoms with E-state index in [4.69, 9.17) is 4.74 Å². The van der Waals surface area contributed by atoms with Crippen LogP contribution in [-0.4, -0.2) is 30.8 Å². The molecule has 3 atom stereocenters. The summed E-state index contributed by atoms with van der Waals surface area (Å²) in [5.74, 6) is 1.66. The van der Waals surface area contributed by atoms with Crippen LogP contribution >= 0.6 is 0 Å². The molecule has 1 aliphatic carbocycles. The lowest BCUT2D eigenvalue weighted by molar-refractivity contribution is 0.0522. The van der Waals surface area contributed by atoms with Crippen LogP contribution in [0.1, 0.15) is 27.2 Å². The Labute approximate surface area is 90.8 Å². The molecule has 2 rings (SSSR count). The number of alkyl carbamates (subject to hydrolysis) is 1. The fourth-order valence-electron chi connectivity index (χ4n) is 2.18. The van der Waals surface area contributed by atoms with Gasteiger partial charge in [0, 0.05) is 12.6 Å². The largest absolute Gasteiger partial charge is 0.444 e. The standard InChI is InChI=1S/C11H20N2O2/c1-11(2,3)15-10(14)13-6-9-8-4-7(8)5-12-9/h7-9,12H,4-6H2,1-3H3,(H,13,14). The van der Waals surface area contributed by atoms with Gasteiger partial charge in [0.1, 0.15) is 5.60 Å². The Morgan fingerprint density at radius 2 is 2.27 bits per heavy atom. The van der Waals surface area contributed by atoms with E-state index in [1.54, 1.807) is 0 Å². The minimum absolute atomic E-state index is 0.312. The van der Waals surface area contributed by atoms with Crippen molar-refractivity contribution >= 4 is 6.09 Å². The van der Waals surface area contributed by atoms with E-state index >= 15 is 0 Å². The highest BCUT2D eigenvalue weighted by Gasteiger charge is 2.47. The Bertz CT molecular complexity index is 260. The Hall–Kier alpha value is -0.770. The molecule has 15 heavy (non-hydrogen) atoms. The number of nitrogens with one attached hydrogen (secondary N) is 2. The van der Waals surface area contributed by atoms with Gasteiger partial charge in [-0.15, -0.1) is 0 Å². The van der Waals surface area contributed by atoms with Crippen LogP contribution in [0.2, 0.25) is 0 Å². The number of piperidine rings is 1. The molecule has 0 aromatic heterocycles. The molecule has 0 spiro atoms. The molecule has 1 saturated carbocycles. The summed E-state index contributed by atoms with van der Waals surface area (Å²) in [6, 6.07) is 0.461. The molecule has 0 bridgehead atoms. The van der Waals surface area contributed by atoms with E-state index in [-0.39, 0.29) is 6.09 Å². The highest BCUT2D eigenvalue weighted by atomic mass is 16.6. The molecule has 0 aromatic rings. The van der Waals surface area contributed by atoms with Crippen molar-refractivity contribution in [1.29, 1.82) is 0 Å². The van der Waals surface area contributed by atoms with Crippen molar-refractivity contribution in [3.8, 4) is 0 Å². The zero-order chi connectivity index (χ0) is 11.1. The van der Waals surface area contributed by atoms with E-state index < -0.39 is 5.60 Å². The molecule has 4 heteroatoms. The molecule has 1 aliphatic heterocycles. The zero-order valence-electron chi connectivity index (χ0n) is 9.67. The molecule has 1 saturated heterocycles. The van der Waals surface area contributed by atoms with Gasteiger partial charge in [-0.05, 0) is 45.6 Å². The van der Waals surface area contributed by atoms with Crippen molar-refractivity contribution in [3.05, 3.63) is 0 Å². The molecule has 0 aromatic carbocycles. The summed E-state index contributed by atoms with van der Waals surface area (Å²) in [7, 11) is 0. The molecule has 2 N–H and O–H groups in total. The number of carbonyl (C=O) groups is 1. The first kappa shape index (κ1) is 10.7. The van der Waals surface area contributed by atoms with Crippen LogP contribution < -0.4 is 10.6 Å². The second kappa shape index (κ2) is 3.67. The fraction of sp³-hybridized carbons (Fsp3) is 0.909. The molecule has 2 aliphatic rings. The van der Waals surface area contributed by atoms with Gasteiger partial charge in [0.05, 0.1) is 0 Å². The van der Waals surface area contributed by atoms with E-state index in [1.165, 1.54) is 6.42 Å². The topological polar surface area (TPSA) is 50.4 Å². The summed E-state index contributed by atoms with van der Waals surface area (Å²) in [6.07, 6.45) is 1.02. The fourth-order valence-corrected chi connectivity index (χ4v) is 2.18. The van der Waals surface area contributed by atoms with E-state index in [0.29, 0.717) is 12.6 Å². The van der Waals surface area contributed by atoms with Gasteiger partial charge < -0.3 is 15.4 Å². The van der Waals surface area contributed by atoms with Gasteiger partial charge in [-0.25, -0.2) is 4.79 Å². The van der Waals surface area contributed by atoms with Crippen molar-refractivity contribution in [3.63, 3.8) is 0 Å². The average Bonchev–Trinajstić information content (AvgIpc) is 2.74. The van der Waals surface area contributed by atoms with Gasteiger partial charge >= 0.3 is 6.09 Å². The Balaban J connectivity index is 1.67. The average molecular weight is 212 g/mol. The Morgan fingerprint density at radius 1 is 1.53 bits per heavy atom. The van der Waals surface area contributed by atoms with Gasteiger partial charge in [-0.2, -0.15) is 0 Å². The van der Waals surface area contributed by atoms with Crippen LogP contribution in [0.4, 0.5) is 4.79 Å². The predicted molar refractivity (Wildman–Crippen MR) is 57.6 cm³/mol. The maximum atomic E-state index is 11.4. The lowest BCUT2D eigenvalue weighted by Crippen LogP contribution is -2.41. The molecule has 3 unspecified atom stereocenters. The van der Waals surface area contributed by atoms with Gasteiger partial charge in [0.2, 0.25) is 0 Å². The van der Waals surface area contributed by atoms with Crippen molar-refractivity contribution in [2.75, 3.05) is 13.1 Å². The predicted octanol–water partition coefficient (Wildman–Crippen LogP) is 1.12. The van der Waals surface area contributed by atoms with Gasteiger partial charge in [0.25, 0.3) is 0 Å². The number of amides is 1. The number of fused-ring (bicyclic) bond motifs is 1. The normalized spacial score (nSPS) is 33.4. The maximum Gasteiger partial charge on any atom is 0.407 e. The van der Waals surface area contributed by atoms with Gasteiger partial charge in [0.15, 0.2) is 0 Å². The molecular formula is C11H20N2O2. The molecule has 4 nitrogen and oxygen atoms in total. The van der Waals surface area contributed by atoms with Gasteiger partial charge in [-0.1, -0.05) is 0 Å². The van der Waals surface area contributed by atoms with Crippen molar-refractivity contribution < 1.29 is 9.53 Å². The molecule has 0 radical (unpaired) electrons. The van der Waals surface area contributed by atoms with Crippen LogP contribution in [0.3, 0.4) is 0 Å². The number of hydrogen-bond acceptors (Lipinski definition) is 3. The van der Waals surface area contributed by atoms with E-state index in [9.17, 15) is 4.79 Å². The summed E-state index contributed by atoms with van der Waals surface area (Å²) >= 11 is 0. The number of carbonyl (C=O) groups excluding carboxylic acids is 1. The first-order chi connectivity index (χ1) is 6.96. The van der Waals surface area contributed by atoms with E-state index in [1.807, 2.05) is 20.8 Å². The quantitative estimate of drug-likeness (QED) is 0.721. The van der Waals surface area contributed by atoms with Crippen molar-refractivity contribution in [2.24, 2.45) is 11.8 Å².